The van der Waals surface area contributed by atoms with Crippen LogP contribution in [-0.4, -0.2) is 18.8 Å². The van der Waals surface area contributed by atoms with E-state index in [0.29, 0.717) is 31.2 Å². The third-order valence-electron chi connectivity index (χ3n) is 4.81. The van der Waals surface area contributed by atoms with E-state index in [0.717, 1.165) is 21.2 Å². The standard InChI is InChI=1S/C24H26BrNO3/c1-17-8-6-7-11-19(17)16-29-24-13-21(25)20(12-23(24)28-2)14-26-15-22(27)18-9-4-3-5-10-18/h3-13,22,26-27H,14-16H2,1-2H3. The van der Waals surface area contributed by atoms with E-state index >= 15 is 0 Å². The fourth-order valence-electron chi connectivity index (χ4n) is 3.05. The smallest absolute Gasteiger partial charge is 0.162 e. The highest BCUT2D eigenvalue weighted by molar-refractivity contribution is 9.10. The van der Waals surface area contributed by atoms with Gasteiger partial charge in [-0.2, -0.15) is 0 Å². The summed E-state index contributed by atoms with van der Waals surface area (Å²) in [7, 11) is 1.64. The predicted molar refractivity (Wildman–Crippen MR) is 119 cm³/mol. The van der Waals surface area contributed by atoms with Gasteiger partial charge in [0.2, 0.25) is 0 Å². The van der Waals surface area contributed by atoms with Crippen LogP contribution in [0.1, 0.15) is 28.4 Å². The summed E-state index contributed by atoms with van der Waals surface area (Å²) in [6, 6.07) is 21.7. The second-order valence-electron chi connectivity index (χ2n) is 6.87. The first kappa shape index (κ1) is 21.4. The number of hydrogen-bond acceptors (Lipinski definition) is 4. The molecule has 0 aliphatic heterocycles. The van der Waals surface area contributed by atoms with Crippen molar-refractivity contribution in [1.82, 2.24) is 5.32 Å². The van der Waals surface area contributed by atoms with Crippen LogP contribution in [0.15, 0.2) is 71.2 Å². The second-order valence-corrected chi connectivity index (χ2v) is 7.72. The minimum Gasteiger partial charge on any atom is -0.493 e. The van der Waals surface area contributed by atoms with Gasteiger partial charge in [-0.05, 0) is 41.3 Å². The van der Waals surface area contributed by atoms with Gasteiger partial charge in [0, 0.05) is 17.6 Å². The van der Waals surface area contributed by atoms with Gasteiger partial charge in [0.15, 0.2) is 11.5 Å². The number of benzene rings is 3. The largest absolute Gasteiger partial charge is 0.493 e. The van der Waals surface area contributed by atoms with E-state index < -0.39 is 6.10 Å². The average Bonchev–Trinajstić information content (AvgIpc) is 2.75. The number of halogens is 1. The second kappa shape index (κ2) is 10.4. The number of aryl methyl sites for hydroxylation is 1. The first-order chi connectivity index (χ1) is 14.1. The molecule has 0 saturated carbocycles. The van der Waals surface area contributed by atoms with Crippen LogP contribution in [0.2, 0.25) is 0 Å². The molecule has 0 saturated heterocycles. The monoisotopic (exact) mass is 455 g/mol. The van der Waals surface area contributed by atoms with E-state index in [2.05, 4.69) is 40.3 Å². The van der Waals surface area contributed by atoms with Crippen molar-refractivity contribution >= 4 is 15.9 Å². The molecule has 2 N–H and O–H groups in total. The Kier molecular flexibility index (Phi) is 7.69. The summed E-state index contributed by atoms with van der Waals surface area (Å²) in [6.07, 6.45) is -0.548. The molecule has 1 unspecified atom stereocenters. The van der Waals surface area contributed by atoms with Gasteiger partial charge >= 0.3 is 0 Å². The normalized spacial score (nSPS) is 11.9. The topological polar surface area (TPSA) is 50.7 Å². The molecule has 0 spiro atoms. The molecule has 0 fully saturated rings. The molecule has 0 aliphatic rings. The van der Waals surface area contributed by atoms with E-state index in [4.69, 9.17) is 9.47 Å². The van der Waals surface area contributed by atoms with Crippen LogP contribution in [-0.2, 0) is 13.2 Å². The molecule has 0 amide bonds. The minimum absolute atomic E-state index is 0.463. The Morgan fingerprint density at radius 1 is 0.966 bits per heavy atom. The predicted octanol–water partition coefficient (Wildman–Crippen LogP) is 5.17. The van der Waals surface area contributed by atoms with Gasteiger partial charge < -0.3 is 19.9 Å². The summed E-state index contributed by atoms with van der Waals surface area (Å²) in [5.41, 5.74) is 4.27. The molecular formula is C24H26BrNO3. The van der Waals surface area contributed by atoms with Crippen LogP contribution < -0.4 is 14.8 Å². The molecule has 0 aliphatic carbocycles. The quantitative estimate of drug-likeness (QED) is 0.467. The number of methoxy groups -OCH3 is 1. The van der Waals surface area contributed by atoms with E-state index in [1.54, 1.807) is 7.11 Å². The van der Waals surface area contributed by atoms with Crippen molar-refractivity contribution in [2.75, 3.05) is 13.7 Å². The summed E-state index contributed by atoms with van der Waals surface area (Å²) in [4.78, 5) is 0. The van der Waals surface area contributed by atoms with Crippen molar-refractivity contribution < 1.29 is 14.6 Å². The third-order valence-corrected chi connectivity index (χ3v) is 5.55. The summed E-state index contributed by atoms with van der Waals surface area (Å²) in [5, 5.41) is 13.6. The molecule has 0 radical (unpaired) electrons. The summed E-state index contributed by atoms with van der Waals surface area (Å²) in [6.45, 7) is 3.62. The van der Waals surface area contributed by atoms with Crippen molar-refractivity contribution in [3.8, 4) is 11.5 Å². The molecule has 29 heavy (non-hydrogen) atoms. The Bertz CT molecular complexity index is 931. The van der Waals surface area contributed by atoms with Crippen LogP contribution in [0, 0.1) is 6.92 Å². The number of aliphatic hydroxyl groups excluding tert-OH is 1. The van der Waals surface area contributed by atoms with E-state index in [-0.39, 0.29) is 0 Å². The molecule has 0 bridgehead atoms. The van der Waals surface area contributed by atoms with Crippen molar-refractivity contribution in [1.29, 1.82) is 0 Å². The van der Waals surface area contributed by atoms with Crippen LogP contribution in [0.3, 0.4) is 0 Å². The fraction of sp³-hybridized carbons (Fsp3) is 0.250. The zero-order valence-corrected chi connectivity index (χ0v) is 18.3. The molecule has 4 nitrogen and oxygen atoms in total. The van der Waals surface area contributed by atoms with Gasteiger partial charge in [0.1, 0.15) is 6.61 Å². The minimum atomic E-state index is -0.548. The zero-order valence-electron chi connectivity index (χ0n) is 16.7. The van der Waals surface area contributed by atoms with Gasteiger partial charge in [-0.3, -0.25) is 0 Å². The Balaban J connectivity index is 1.62. The lowest BCUT2D eigenvalue weighted by Gasteiger charge is -2.16. The van der Waals surface area contributed by atoms with Crippen LogP contribution in [0.25, 0.3) is 0 Å². The Labute approximate surface area is 180 Å². The fourth-order valence-corrected chi connectivity index (χ4v) is 3.51. The third kappa shape index (κ3) is 5.82. The molecule has 0 aromatic heterocycles. The zero-order chi connectivity index (χ0) is 20.6. The summed E-state index contributed by atoms with van der Waals surface area (Å²) in [5.74, 6) is 1.37. The maximum Gasteiger partial charge on any atom is 0.162 e. The molecule has 3 aromatic rings. The maximum absolute atomic E-state index is 10.3. The lowest BCUT2D eigenvalue weighted by atomic mass is 10.1. The maximum atomic E-state index is 10.3. The number of nitrogens with one attached hydrogen (secondary N) is 1. The van der Waals surface area contributed by atoms with Crippen LogP contribution >= 0.6 is 15.9 Å². The lowest BCUT2D eigenvalue weighted by Crippen LogP contribution is -2.21. The number of rotatable bonds is 9. The highest BCUT2D eigenvalue weighted by Gasteiger charge is 2.12. The Hall–Kier alpha value is -2.34. The number of ether oxygens (including phenoxy) is 2. The van der Waals surface area contributed by atoms with E-state index in [1.807, 2.05) is 54.6 Å². The highest BCUT2D eigenvalue weighted by atomic mass is 79.9. The molecule has 0 heterocycles. The Morgan fingerprint density at radius 2 is 1.69 bits per heavy atom. The van der Waals surface area contributed by atoms with Crippen molar-refractivity contribution in [2.45, 2.75) is 26.2 Å². The summed E-state index contributed by atoms with van der Waals surface area (Å²) >= 11 is 3.63. The summed E-state index contributed by atoms with van der Waals surface area (Å²) < 4.78 is 12.5. The van der Waals surface area contributed by atoms with Gasteiger partial charge in [-0.25, -0.2) is 0 Å². The van der Waals surface area contributed by atoms with Crippen molar-refractivity contribution in [2.24, 2.45) is 0 Å². The first-order valence-electron chi connectivity index (χ1n) is 9.56. The highest BCUT2D eigenvalue weighted by Crippen LogP contribution is 2.34. The number of hydrogen-bond donors (Lipinski definition) is 2. The average molecular weight is 456 g/mol. The van der Waals surface area contributed by atoms with Crippen LogP contribution in [0.5, 0.6) is 11.5 Å². The molecule has 152 valence electrons. The Morgan fingerprint density at radius 3 is 2.41 bits per heavy atom. The van der Waals surface area contributed by atoms with Gasteiger partial charge in [0.25, 0.3) is 0 Å². The van der Waals surface area contributed by atoms with Crippen molar-refractivity contribution in [3.63, 3.8) is 0 Å². The van der Waals surface area contributed by atoms with Gasteiger partial charge in [-0.15, -0.1) is 0 Å². The van der Waals surface area contributed by atoms with E-state index in [9.17, 15) is 5.11 Å². The molecule has 1 atom stereocenters. The van der Waals surface area contributed by atoms with E-state index in [1.165, 1.54) is 5.56 Å². The van der Waals surface area contributed by atoms with Crippen molar-refractivity contribution in [3.05, 3.63) is 93.5 Å². The number of aliphatic hydroxyl groups is 1. The SMILES string of the molecule is COc1cc(CNCC(O)c2ccccc2)c(Br)cc1OCc1ccccc1C. The van der Waals surface area contributed by atoms with Gasteiger partial charge in [0.05, 0.1) is 13.2 Å². The van der Waals surface area contributed by atoms with Crippen LogP contribution in [0.4, 0.5) is 0 Å². The molecule has 3 rings (SSSR count). The molecule has 5 heteroatoms. The lowest BCUT2D eigenvalue weighted by molar-refractivity contribution is 0.174. The van der Waals surface area contributed by atoms with Gasteiger partial charge in [-0.1, -0.05) is 70.5 Å². The molecular weight excluding hydrogens is 430 g/mol. The first-order valence-corrected chi connectivity index (χ1v) is 10.3. The molecule has 3 aromatic carbocycles.